The summed E-state index contributed by atoms with van der Waals surface area (Å²) in [5.41, 5.74) is 12.4. The highest BCUT2D eigenvalue weighted by atomic mass is 19.1. The van der Waals surface area contributed by atoms with Crippen molar-refractivity contribution in [2.24, 2.45) is 0 Å². The highest BCUT2D eigenvalue weighted by Crippen LogP contribution is 2.49. The molecule has 2 aliphatic carbocycles. The third-order valence-electron chi connectivity index (χ3n) is 7.25. The molecule has 158 valence electrons. The van der Waals surface area contributed by atoms with Gasteiger partial charge in [-0.25, -0.2) is 4.39 Å². The van der Waals surface area contributed by atoms with Crippen molar-refractivity contribution in [3.63, 3.8) is 0 Å². The lowest BCUT2D eigenvalue weighted by atomic mass is 9.76. The standard InChI is InChI=1S/C25H30FN3O/c1-15-11-19(5-6-21(15)26)29-23-12-18(14-27)22(28)13-20(23)24(16-3-2-4-16)25(29)17-7-9-30-10-8-17/h6,11-14,16-17,19,27H,2-5,7-10,28H2,1H3. The third kappa shape index (κ3) is 3.11. The molecule has 3 N–H and O–H groups in total. The molecule has 1 aromatic heterocycles. The maximum absolute atomic E-state index is 14.1. The van der Waals surface area contributed by atoms with Gasteiger partial charge in [-0.2, -0.15) is 0 Å². The van der Waals surface area contributed by atoms with Gasteiger partial charge >= 0.3 is 0 Å². The molecule has 5 heteroatoms. The van der Waals surface area contributed by atoms with Crippen LogP contribution >= 0.6 is 0 Å². The second-order valence-corrected chi connectivity index (χ2v) is 9.03. The van der Waals surface area contributed by atoms with Gasteiger partial charge in [-0.1, -0.05) is 12.5 Å². The number of allylic oxidation sites excluding steroid dienone is 4. The molecule has 1 aliphatic heterocycles. The van der Waals surface area contributed by atoms with Crippen molar-refractivity contribution in [2.45, 2.75) is 63.3 Å². The molecular weight excluding hydrogens is 377 g/mol. The van der Waals surface area contributed by atoms with E-state index in [9.17, 15) is 4.39 Å². The molecule has 2 heterocycles. The summed E-state index contributed by atoms with van der Waals surface area (Å²) in [5, 5.41) is 9.05. The average Bonchev–Trinajstić information content (AvgIpc) is 3.02. The second-order valence-electron chi connectivity index (χ2n) is 9.03. The van der Waals surface area contributed by atoms with Crippen LogP contribution in [0.25, 0.3) is 10.9 Å². The first kappa shape index (κ1) is 19.6. The number of benzene rings is 1. The fourth-order valence-corrected chi connectivity index (χ4v) is 5.43. The van der Waals surface area contributed by atoms with E-state index < -0.39 is 0 Å². The number of rotatable bonds is 4. The zero-order valence-corrected chi connectivity index (χ0v) is 17.6. The molecule has 2 fully saturated rings. The summed E-state index contributed by atoms with van der Waals surface area (Å²) in [7, 11) is 0. The second kappa shape index (κ2) is 7.69. The van der Waals surface area contributed by atoms with Gasteiger partial charge < -0.3 is 20.4 Å². The Balaban J connectivity index is 1.79. The Morgan fingerprint density at radius 1 is 1.17 bits per heavy atom. The molecule has 1 saturated heterocycles. The first-order valence-corrected chi connectivity index (χ1v) is 11.2. The van der Waals surface area contributed by atoms with Crippen LogP contribution in [-0.2, 0) is 4.74 Å². The lowest BCUT2D eigenvalue weighted by Gasteiger charge is -2.33. The van der Waals surface area contributed by atoms with Gasteiger partial charge in [-0.3, -0.25) is 0 Å². The van der Waals surface area contributed by atoms with Crippen molar-refractivity contribution in [3.05, 3.63) is 52.5 Å². The fourth-order valence-electron chi connectivity index (χ4n) is 5.43. The zero-order chi connectivity index (χ0) is 20.8. The number of hydrogen-bond acceptors (Lipinski definition) is 3. The van der Waals surface area contributed by atoms with Crippen LogP contribution in [0.1, 0.15) is 80.1 Å². The van der Waals surface area contributed by atoms with Gasteiger partial charge in [0.05, 0.1) is 6.04 Å². The number of halogens is 1. The number of nitrogen functional groups attached to an aromatic ring is 1. The van der Waals surface area contributed by atoms with Crippen LogP contribution in [0.3, 0.4) is 0 Å². The van der Waals surface area contributed by atoms with Crippen LogP contribution in [0.2, 0.25) is 0 Å². The first-order valence-electron chi connectivity index (χ1n) is 11.2. The molecule has 0 radical (unpaired) electrons. The van der Waals surface area contributed by atoms with E-state index in [1.807, 2.05) is 6.92 Å². The minimum atomic E-state index is -0.112. The molecule has 2 aromatic rings. The molecule has 0 amide bonds. The highest BCUT2D eigenvalue weighted by Gasteiger charge is 2.34. The average molecular weight is 408 g/mol. The molecule has 3 aliphatic rings. The fraction of sp³-hybridized carbons (Fsp3) is 0.480. The van der Waals surface area contributed by atoms with E-state index in [4.69, 9.17) is 15.9 Å². The maximum atomic E-state index is 14.1. The van der Waals surface area contributed by atoms with Crippen molar-refractivity contribution in [1.82, 2.24) is 4.57 Å². The Kier molecular flexibility index (Phi) is 5.02. The van der Waals surface area contributed by atoms with Crippen LogP contribution in [0.4, 0.5) is 10.1 Å². The van der Waals surface area contributed by atoms with E-state index in [2.05, 4.69) is 22.8 Å². The number of fused-ring (bicyclic) bond motifs is 1. The summed E-state index contributed by atoms with van der Waals surface area (Å²) in [6, 6.07) is 4.24. The van der Waals surface area contributed by atoms with E-state index in [0.29, 0.717) is 29.5 Å². The van der Waals surface area contributed by atoms with Gasteiger partial charge in [-0.05, 0) is 74.3 Å². The lowest BCUT2D eigenvalue weighted by molar-refractivity contribution is 0.0833. The molecule has 0 bridgehead atoms. The van der Waals surface area contributed by atoms with Gasteiger partial charge in [0, 0.05) is 53.2 Å². The molecule has 4 nitrogen and oxygen atoms in total. The van der Waals surface area contributed by atoms with E-state index >= 15 is 0 Å². The van der Waals surface area contributed by atoms with Crippen LogP contribution < -0.4 is 5.73 Å². The predicted octanol–water partition coefficient (Wildman–Crippen LogP) is 6.13. The summed E-state index contributed by atoms with van der Waals surface area (Å²) in [5.74, 6) is 0.896. The van der Waals surface area contributed by atoms with Crippen molar-refractivity contribution >= 4 is 22.8 Å². The van der Waals surface area contributed by atoms with Crippen LogP contribution in [-0.4, -0.2) is 24.0 Å². The van der Waals surface area contributed by atoms with Crippen LogP contribution in [0, 0.1) is 5.41 Å². The monoisotopic (exact) mass is 407 g/mol. The Hall–Kier alpha value is -2.40. The van der Waals surface area contributed by atoms with E-state index in [-0.39, 0.29) is 11.9 Å². The Bertz CT molecular complexity index is 1050. The van der Waals surface area contributed by atoms with Crippen molar-refractivity contribution in [1.29, 1.82) is 5.41 Å². The number of nitrogens with two attached hydrogens (primary N) is 1. The Labute approximate surface area is 177 Å². The van der Waals surface area contributed by atoms with E-state index in [1.165, 1.54) is 42.1 Å². The van der Waals surface area contributed by atoms with Crippen LogP contribution in [0.5, 0.6) is 0 Å². The molecular formula is C25H30FN3O. The maximum Gasteiger partial charge on any atom is 0.121 e. The van der Waals surface area contributed by atoms with Gasteiger partial charge in [0.2, 0.25) is 0 Å². The Morgan fingerprint density at radius 3 is 2.57 bits per heavy atom. The third-order valence-corrected chi connectivity index (χ3v) is 7.25. The summed E-state index contributed by atoms with van der Waals surface area (Å²) in [4.78, 5) is 0. The lowest BCUT2D eigenvalue weighted by Crippen LogP contribution is -2.22. The highest BCUT2D eigenvalue weighted by molar-refractivity contribution is 5.97. The molecule has 5 rings (SSSR count). The quantitative estimate of drug-likeness (QED) is 0.473. The van der Waals surface area contributed by atoms with Gasteiger partial charge in [0.25, 0.3) is 0 Å². The van der Waals surface area contributed by atoms with Gasteiger partial charge in [0.15, 0.2) is 0 Å². The largest absolute Gasteiger partial charge is 0.398 e. The molecule has 1 unspecified atom stereocenters. The normalized spacial score (nSPS) is 23.2. The summed E-state index contributed by atoms with van der Waals surface area (Å²) < 4.78 is 22.3. The van der Waals surface area contributed by atoms with Crippen molar-refractivity contribution in [3.8, 4) is 0 Å². The number of aromatic nitrogens is 1. The number of nitrogens with zero attached hydrogens (tertiary/aromatic N) is 1. The smallest absolute Gasteiger partial charge is 0.121 e. The SMILES string of the molecule is CC1=CC(n2c(C3CCOCC3)c(C3CCC3)c3cc(N)c(C=N)cc32)CC=C1F. The van der Waals surface area contributed by atoms with Gasteiger partial charge in [0.1, 0.15) is 5.83 Å². The Morgan fingerprint density at radius 2 is 1.93 bits per heavy atom. The minimum Gasteiger partial charge on any atom is -0.398 e. The van der Waals surface area contributed by atoms with Crippen molar-refractivity contribution < 1.29 is 9.13 Å². The molecule has 0 spiro atoms. The molecule has 30 heavy (non-hydrogen) atoms. The zero-order valence-electron chi connectivity index (χ0n) is 17.6. The number of hydrogen-bond donors (Lipinski definition) is 2. The number of ether oxygens (including phenoxy) is 1. The van der Waals surface area contributed by atoms with Crippen molar-refractivity contribution in [2.75, 3.05) is 18.9 Å². The van der Waals surface area contributed by atoms with Gasteiger partial charge in [-0.15, -0.1) is 0 Å². The van der Waals surface area contributed by atoms with Crippen LogP contribution in [0.15, 0.2) is 35.7 Å². The van der Waals surface area contributed by atoms with E-state index in [0.717, 1.165) is 37.1 Å². The first-order chi connectivity index (χ1) is 14.6. The molecule has 1 atom stereocenters. The topological polar surface area (TPSA) is 64.0 Å². The summed E-state index contributed by atoms with van der Waals surface area (Å²) >= 11 is 0. The summed E-state index contributed by atoms with van der Waals surface area (Å²) in [6.07, 6.45) is 11.5. The number of anilines is 1. The van der Waals surface area contributed by atoms with E-state index in [1.54, 1.807) is 6.08 Å². The summed E-state index contributed by atoms with van der Waals surface area (Å²) in [6.45, 7) is 3.43. The molecule has 1 aromatic carbocycles. The predicted molar refractivity (Wildman–Crippen MR) is 120 cm³/mol. The minimum absolute atomic E-state index is 0.0841. The molecule has 1 saturated carbocycles. The number of nitrogens with one attached hydrogen (secondary N) is 1.